The molecule has 1 aromatic rings. The van der Waals surface area contributed by atoms with E-state index in [1.807, 2.05) is 24.3 Å². The maximum Gasteiger partial charge on any atom is 0.323 e. The molecular weight excluding hydrogens is 632 g/mol. The van der Waals surface area contributed by atoms with Crippen molar-refractivity contribution in [2.45, 2.75) is 170 Å². The molecule has 1 rings (SSSR count). The normalized spacial score (nSPS) is 11.6. The molecule has 0 fully saturated rings. The fourth-order valence-electron chi connectivity index (χ4n) is 6.71. The topological polar surface area (TPSA) is 105 Å². The van der Waals surface area contributed by atoms with Crippen molar-refractivity contribution in [2.24, 2.45) is 10.8 Å². The summed E-state index contributed by atoms with van der Waals surface area (Å²) in [7, 11) is 0. The monoisotopic (exact) mass is 703 g/mol. The summed E-state index contributed by atoms with van der Waals surface area (Å²) in [6.07, 6.45) is 18.4. The van der Waals surface area contributed by atoms with Crippen LogP contribution in [0, 0.1) is 10.8 Å². The highest BCUT2D eigenvalue weighted by atomic mass is 16.6. The molecule has 1 aromatic carbocycles. The standard InChI is InChI=1S/C42H70O8/c1-7-13-15-17-19-21-23-25-31-41(37(43)47-9-3,38(44)48-10-4)33-35-27-29-36(30-28-35)34-42(39(45)49-11-5,40(46)50-12-6)32-26-24-22-20-18-16-14-8-2/h27-30H,7-26,31-34H2,1-6H3. The molecular formula is C42H70O8. The van der Waals surface area contributed by atoms with E-state index in [2.05, 4.69) is 13.8 Å². The number of hydrogen-bond acceptors (Lipinski definition) is 8. The van der Waals surface area contributed by atoms with Gasteiger partial charge in [-0.3, -0.25) is 19.2 Å². The molecule has 286 valence electrons. The zero-order valence-corrected chi connectivity index (χ0v) is 32.5. The van der Waals surface area contributed by atoms with Crippen LogP contribution in [0.15, 0.2) is 24.3 Å². The Bertz CT molecular complexity index is 959. The van der Waals surface area contributed by atoms with E-state index in [9.17, 15) is 19.2 Å². The predicted molar refractivity (Wildman–Crippen MR) is 200 cm³/mol. The number of rotatable bonds is 30. The second-order valence-electron chi connectivity index (χ2n) is 13.7. The number of hydrogen-bond donors (Lipinski definition) is 0. The third-order valence-corrected chi connectivity index (χ3v) is 9.61. The summed E-state index contributed by atoms with van der Waals surface area (Å²) in [4.78, 5) is 54.2. The van der Waals surface area contributed by atoms with Crippen LogP contribution in [0.25, 0.3) is 0 Å². The van der Waals surface area contributed by atoms with Gasteiger partial charge in [0.1, 0.15) is 0 Å². The van der Waals surface area contributed by atoms with Crippen LogP contribution in [0.3, 0.4) is 0 Å². The molecule has 0 saturated carbocycles. The molecule has 8 heteroatoms. The lowest BCUT2D eigenvalue weighted by Crippen LogP contribution is -2.44. The third-order valence-electron chi connectivity index (χ3n) is 9.61. The van der Waals surface area contributed by atoms with Gasteiger partial charge in [-0.1, -0.05) is 141 Å². The zero-order chi connectivity index (χ0) is 37.1. The average Bonchev–Trinajstić information content (AvgIpc) is 3.10. The number of ether oxygens (including phenoxy) is 4. The summed E-state index contributed by atoms with van der Waals surface area (Å²) in [5.74, 6) is -2.22. The van der Waals surface area contributed by atoms with Crippen molar-refractivity contribution in [2.75, 3.05) is 26.4 Å². The van der Waals surface area contributed by atoms with Crippen LogP contribution in [0.5, 0.6) is 0 Å². The molecule has 8 nitrogen and oxygen atoms in total. The highest BCUT2D eigenvalue weighted by molar-refractivity contribution is 6.01. The molecule has 0 bridgehead atoms. The molecule has 0 aliphatic carbocycles. The Kier molecular flexibility index (Phi) is 24.2. The van der Waals surface area contributed by atoms with Crippen molar-refractivity contribution in [1.82, 2.24) is 0 Å². The fraction of sp³-hybridized carbons (Fsp3) is 0.762. The summed E-state index contributed by atoms with van der Waals surface area (Å²) in [6.45, 7) is 12.0. The first-order chi connectivity index (χ1) is 24.2. The van der Waals surface area contributed by atoms with Gasteiger partial charge >= 0.3 is 23.9 Å². The van der Waals surface area contributed by atoms with Crippen LogP contribution in [0.1, 0.15) is 168 Å². The van der Waals surface area contributed by atoms with Gasteiger partial charge in [-0.05, 0) is 64.5 Å². The van der Waals surface area contributed by atoms with Gasteiger partial charge in [0.15, 0.2) is 10.8 Å². The Balaban J connectivity index is 3.26. The number of carbonyl (C=O) groups is 4. The minimum Gasteiger partial charge on any atom is -0.465 e. The Hall–Kier alpha value is -2.90. The van der Waals surface area contributed by atoms with E-state index in [0.717, 1.165) is 49.7 Å². The van der Waals surface area contributed by atoms with Crippen molar-refractivity contribution in [3.05, 3.63) is 35.4 Å². The first-order valence-corrected chi connectivity index (χ1v) is 20.0. The van der Waals surface area contributed by atoms with E-state index in [4.69, 9.17) is 18.9 Å². The van der Waals surface area contributed by atoms with Crippen LogP contribution in [0.4, 0.5) is 0 Å². The van der Waals surface area contributed by atoms with Gasteiger partial charge in [-0.25, -0.2) is 0 Å². The highest BCUT2D eigenvalue weighted by Crippen LogP contribution is 2.36. The Morgan fingerprint density at radius 3 is 0.880 bits per heavy atom. The van der Waals surface area contributed by atoms with E-state index < -0.39 is 34.7 Å². The molecule has 0 N–H and O–H groups in total. The Morgan fingerprint density at radius 2 is 0.640 bits per heavy atom. The zero-order valence-electron chi connectivity index (χ0n) is 32.5. The molecule has 0 saturated heterocycles. The quantitative estimate of drug-likeness (QED) is 0.0338. The van der Waals surface area contributed by atoms with Crippen LogP contribution in [-0.2, 0) is 51.0 Å². The lowest BCUT2D eigenvalue weighted by atomic mass is 9.75. The van der Waals surface area contributed by atoms with E-state index >= 15 is 0 Å². The molecule has 0 unspecified atom stereocenters. The summed E-state index contributed by atoms with van der Waals surface area (Å²) < 4.78 is 22.0. The largest absolute Gasteiger partial charge is 0.465 e. The minimum absolute atomic E-state index is 0.139. The average molecular weight is 703 g/mol. The molecule has 0 aromatic heterocycles. The first-order valence-electron chi connectivity index (χ1n) is 20.0. The SMILES string of the molecule is CCCCCCCCCCC(Cc1ccc(CC(CCCCCCCCCC)(C(=O)OCC)C(=O)OCC)cc1)(C(=O)OCC)C(=O)OCC. The lowest BCUT2D eigenvalue weighted by molar-refractivity contribution is -0.174. The van der Waals surface area contributed by atoms with Gasteiger partial charge in [0, 0.05) is 0 Å². The molecule has 0 aliphatic rings. The second-order valence-corrected chi connectivity index (χ2v) is 13.7. The van der Waals surface area contributed by atoms with Gasteiger partial charge in [0.25, 0.3) is 0 Å². The first kappa shape index (κ1) is 45.1. The van der Waals surface area contributed by atoms with Gasteiger partial charge in [-0.15, -0.1) is 0 Å². The fourth-order valence-corrected chi connectivity index (χ4v) is 6.71. The van der Waals surface area contributed by atoms with Crippen molar-refractivity contribution < 1.29 is 38.1 Å². The smallest absolute Gasteiger partial charge is 0.323 e. The van der Waals surface area contributed by atoms with E-state index in [1.54, 1.807) is 27.7 Å². The van der Waals surface area contributed by atoms with Gasteiger partial charge in [0.2, 0.25) is 0 Å². The number of benzene rings is 1. The molecule has 0 spiro atoms. The molecule has 0 atom stereocenters. The Labute approximate surface area is 304 Å². The van der Waals surface area contributed by atoms with Crippen molar-refractivity contribution >= 4 is 23.9 Å². The summed E-state index contributed by atoms with van der Waals surface area (Å²) >= 11 is 0. The van der Waals surface area contributed by atoms with Crippen LogP contribution < -0.4 is 0 Å². The highest BCUT2D eigenvalue weighted by Gasteiger charge is 2.50. The van der Waals surface area contributed by atoms with Crippen molar-refractivity contribution in [3.63, 3.8) is 0 Å². The predicted octanol–water partition coefficient (Wildman–Crippen LogP) is 10.1. The molecule has 0 radical (unpaired) electrons. The maximum atomic E-state index is 13.5. The minimum atomic E-state index is -1.45. The summed E-state index contributed by atoms with van der Waals surface area (Å²) in [6, 6.07) is 7.47. The number of esters is 4. The molecule has 0 amide bonds. The molecule has 0 heterocycles. The van der Waals surface area contributed by atoms with E-state index in [1.165, 1.54) is 51.4 Å². The van der Waals surface area contributed by atoms with Crippen LogP contribution >= 0.6 is 0 Å². The van der Waals surface area contributed by atoms with Crippen LogP contribution in [-0.4, -0.2) is 50.3 Å². The van der Waals surface area contributed by atoms with Crippen molar-refractivity contribution in [1.29, 1.82) is 0 Å². The van der Waals surface area contributed by atoms with E-state index in [-0.39, 0.29) is 39.3 Å². The number of unbranched alkanes of at least 4 members (excludes halogenated alkanes) is 14. The third kappa shape index (κ3) is 15.6. The maximum absolute atomic E-state index is 13.5. The van der Waals surface area contributed by atoms with Crippen molar-refractivity contribution in [3.8, 4) is 0 Å². The van der Waals surface area contributed by atoms with Gasteiger partial charge in [-0.2, -0.15) is 0 Å². The van der Waals surface area contributed by atoms with Crippen LogP contribution in [0.2, 0.25) is 0 Å². The lowest BCUT2D eigenvalue weighted by Gasteiger charge is -2.30. The second kappa shape index (κ2) is 26.8. The number of carbonyl (C=O) groups excluding carboxylic acids is 4. The molecule has 50 heavy (non-hydrogen) atoms. The molecule has 0 aliphatic heterocycles. The van der Waals surface area contributed by atoms with Gasteiger partial charge < -0.3 is 18.9 Å². The summed E-state index contributed by atoms with van der Waals surface area (Å²) in [5, 5.41) is 0. The van der Waals surface area contributed by atoms with E-state index in [0.29, 0.717) is 25.7 Å². The van der Waals surface area contributed by atoms with Gasteiger partial charge in [0.05, 0.1) is 26.4 Å². The summed E-state index contributed by atoms with van der Waals surface area (Å²) in [5.41, 5.74) is -1.36. The Morgan fingerprint density at radius 1 is 0.400 bits per heavy atom.